The molecule has 0 aliphatic heterocycles. The van der Waals surface area contributed by atoms with Crippen LogP contribution in [0.15, 0.2) is 60.8 Å². The molecule has 0 saturated carbocycles. The summed E-state index contributed by atoms with van der Waals surface area (Å²) >= 11 is 5.96. The number of nitrogens with one attached hydrogen (secondary N) is 2. The number of amides is 1. The Morgan fingerprint density at radius 2 is 2.00 bits per heavy atom. The molecule has 0 radical (unpaired) electrons. The lowest BCUT2D eigenvalue weighted by molar-refractivity contribution is 0.155. The zero-order chi connectivity index (χ0) is 16.1. The van der Waals surface area contributed by atoms with Gasteiger partial charge in [0.2, 0.25) is 5.95 Å². The smallest absolute Gasteiger partial charge is 0.414 e. The number of rotatable bonds is 4. The molecule has 0 fully saturated rings. The van der Waals surface area contributed by atoms with Gasteiger partial charge in [0.05, 0.1) is 11.9 Å². The van der Waals surface area contributed by atoms with Crippen LogP contribution in [0.25, 0.3) is 11.3 Å². The van der Waals surface area contributed by atoms with Crippen LogP contribution in [-0.4, -0.2) is 16.1 Å². The number of H-pyrrole nitrogens is 1. The second-order valence-electron chi connectivity index (χ2n) is 4.84. The lowest BCUT2D eigenvalue weighted by atomic mass is 10.2. The van der Waals surface area contributed by atoms with E-state index in [1.54, 1.807) is 12.3 Å². The second kappa shape index (κ2) is 6.98. The van der Waals surface area contributed by atoms with E-state index in [4.69, 9.17) is 16.3 Å². The fourth-order valence-electron chi connectivity index (χ4n) is 2.04. The van der Waals surface area contributed by atoms with Crippen molar-refractivity contribution >= 4 is 23.6 Å². The maximum atomic E-state index is 11.8. The lowest BCUT2D eigenvalue weighted by Gasteiger charge is -2.05. The van der Waals surface area contributed by atoms with Crippen LogP contribution < -0.4 is 5.32 Å². The largest absolute Gasteiger partial charge is 0.444 e. The molecule has 3 rings (SSSR count). The van der Waals surface area contributed by atoms with Crippen LogP contribution in [0, 0.1) is 0 Å². The van der Waals surface area contributed by atoms with Crippen LogP contribution in [0.2, 0.25) is 5.02 Å². The summed E-state index contributed by atoms with van der Waals surface area (Å²) in [5.41, 5.74) is 2.56. The Balaban J connectivity index is 1.59. The van der Waals surface area contributed by atoms with Crippen LogP contribution in [0.5, 0.6) is 0 Å². The molecule has 0 unspecified atom stereocenters. The summed E-state index contributed by atoms with van der Waals surface area (Å²) in [4.78, 5) is 18.9. The van der Waals surface area contributed by atoms with Gasteiger partial charge in [0, 0.05) is 10.6 Å². The third-order valence-electron chi connectivity index (χ3n) is 3.14. The number of imidazole rings is 1. The van der Waals surface area contributed by atoms with Crippen molar-refractivity contribution in [1.29, 1.82) is 0 Å². The molecule has 5 nitrogen and oxygen atoms in total. The zero-order valence-corrected chi connectivity index (χ0v) is 12.9. The van der Waals surface area contributed by atoms with Crippen LogP contribution >= 0.6 is 11.6 Å². The van der Waals surface area contributed by atoms with Crippen molar-refractivity contribution < 1.29 is 9.53 Å². The van der Waals surface area contributed by atoms with Gasteiger partial charge in [0.25, 0.3) is 0 Å². The minimum atomic E-state index is -0.569. The van der Waals surface area contributed by atoms with Gasteiger partial charge in [-0.3, -0.25) is 5.32 Å². The van der Waals surface area contributed by atoms with Crippen molar-refractivity contribution in [1.82, 2.24) is 9.97 Å². The third-order valence-corrected chi connectivity index (χ3v) is 3.38. The first-order valence-corrected chi connectivity index (χ1v) is 7.37. The van der Waals surface area contributed by atoms with Gasteiger partial charge in [0.1, 0.15) is 6.61 Å². The summed E-state index contributed by atoms with van der Waals surface area (Å²) in [7, 11) is 0. The Morgan fingerprint density at radius 3 is 2.78 bits per heavy atom. The molecular formula is C17H14ClN3O2. The Bertz CT molecular complexity index is 802. The van der Waals surface area contributed by atoms with Crippen molar-refractivity contribution in [3.63, 3.8) is 0 Å². The highest BCUT2D eigenvalue weighted by molar-refractivity contribution is 6.30. The number of anilines is 1. The Hall–Kier alpha value is -2.79. The predicted molar refractivity (Wildman–Crippen MR) is 89.3 cm³/mol. The van der Waals surface area contributed by atoms with Crippen LogP contribution in [0.3, 0.4) is 0 Å². The molecule has 1 amide bonds. The average molecular weight is 328 g/mol. The number of aromatic nitrogens is 2. The SMILES string of the molecule is O=C(Nc1ncc(-c2cccc(Cl)c2)[nH]1)OCc1ccccc1. The van der Waals surface area contributed by atoms with E-state index in [0.29, 0.717) is 11.0 Å². The first-order valence-electron chi connectivity index (χ1n) is 6.99. The standard InChI is InChI=1S/C17H14ClN3O2/c18-14-8-4-7-13(9-14)15-10-19-16(20-15)21-17(22)23-11-12-5-2-1-3-6-12/h1-10H,11H2,(H2,19,20,21,22). The molecule has 0 saturated heterocycles. The second-order valence-corrected chi connectivity index (χ2v) is 5.28. The summed E-state index contributed by atoms with van der Waals surface area (Å²) in [5, 5.41) is 3.19. The molecule has 1 heterocycles. The number of hydrogen-bond acceptors (Lipinski definition) is 3. The van der Waals surface area contributed by atoms with Crippen molar-refractivity contribution in [2.75, 3.05) is 5.32 Å². The first kappa shape index (κ1) is 15.1. The Kier molecular flexibility index (Phi) is 4.59. The van der Waals surface area contributed by atoms with Gasteiger partial charge in [-0.1, -0.05) is 54.1 Å². The van der Waals surface area contributed by atoms with E-state index in [9.17, 15) is 4.79 Å². The maximum Gasteiger partial charge on any atom is 0.414 e. The summed E-state index contributed by atoms with van der Waals surface area (Å²) in [6, 6.07) is 16.8. The maximum absolute atomic E-state index is 11.8. The molecule has 1 aromatic heterocycles. The molecule has 3 aromatic rings. The molecule has 0 atom stereocenters. The Labute approximate surface area is 138 Å². The van der Waals surface area contributed by atoms with Gasteiger partial charge in [0.15, 0.2) is 0 Å². The molecule has 0 bridgehead atoms. The van der Waals surface area contributed by atoms with E-state index in [0.717, 1.165) is 16.8 Å². The lowest BCUT2D eigenvalue weighted by Crippen LogP contribution is -2.14. The molecule has 0 aliphatic rings. The van der Waals surface area contributed by atoms with E-state index < -0.39 is 6.09 Å². The minimum Gasteiger partial charge on any atom is -0.444 e. The van der Waals surface area contributed by atoms with E-state index >= 15 is 0 Å². The number of aromatic amines is 1. The summed E-state index contributed by atoms with van der Waals surface area (Å²) in [5.74, 6) is 0.318. The first-order chi connectivity index (χ1) is 11.2. The highest BCUT2D eigenvalue weighted by Gasteiger charge is 2.08. The highest BCUT2D eigenvalue weighted by atomic mass is 35.5. The van der Waals surface area contributed by atoms with Crippen LogP contribution in [0.4, 0.5) is 10.7 Å². The monoisotopic (exact) mass is 327 g/mol. The number of benzene rings is 2. The normalized spacial score (nSPS) is 10.3. The number of ether oxygens (including phenoxy) is 1. The van der Waals surface area contributed by atoms with Gasteiger partial charge in [-0.15, -0.1) is 0 Å². The fraction of sp³-hybridized carbons (Fsp3) is 0.0588. The summed E-state index contributed by atoms with van der Waals surface area (Å²) < 4.78 is 5.13. The topological polar surface area (TPSA) is 67.0 Å². The number of nitrogens with zero attached hydrogens (tertiary/aromatic N) is 1. The fourth-order valence-corrected chi connectivity index (χ4v) is 2.23. The average Bonchev–Trinajstić information content (AvgIpc) is 3.02. The number of carbonyl (C=O) groups is 1. The summed E-state index contributed by atoms with van der Waals surface area (Å²) in [6.45, 7) is 0.203. The molecule has 0 spiro atoms. The molecule has 23 heavy (non-hydrogen) atoms. The molecule has 0 aliphatic carbocycles. The van der Waals surface area contributed by atoms with E-state index in [1.807, 2.05) is 48.5 Å². The Morgan fingerprint density at radius 1 is 1.17 bits per heavy atom. The van der Waals surface area contributed by atoms with E-state index in [1.165, 1.54) is 0 Å². The van der Waals surface area contributed by atoms with Crippen molar-refractivity contribution in [3.05, 3.63) is 71.4 Å². The molecule has 116 valence electrons. The minimum absolute atomic E-state index is 0.203. The van der Waals surface area contributed by atoms with Gasteiger partial charge >= 0.3 is 6.09 Å². The number of carbonyl (C=O) groups excluding carboxylic acids is 1. The summed E-state index contributed by atoms with van der Waals surface area (Å²) in [6.07, 6.45) is 1.05. The molecule has 2 N–H and O–H groups in total. The molecule has 6 heteroatoms. The van der Waals surface area contributed by atoms with Gasteiger partial charge < -0.3 is 9.72 Å². The van der Waals surface area contributed by atoms with Gasteiger partial charge in [-0.2, -0.15) is 0 Å². The van der Waals surface area contributed by atoms with Crippen molar-refractivity contribution in [2.24, 2.45) is 0 Å². The molecular weight excluding hydrogens is 314 g/mol. The van der Waals surface area contributed by atoms with Crippen molar-refractivity contribution in [2.45, 2.75) is 6.61 Å². The van der Waals surface area contributed by atoms with Crippen LogP contribution in [-0.2, 0) is 11.3 Å². The van der Waals surface area contributed by atoms with E-state index in [2.05, 4.69) is 15.3 Å². The van der Waals surface area contributed by atoms with E-state index in [-0.39, 0.29) is 6.61 Å². The quantitative estimate of drug-likeness (QED) is 0.742. The van der Waals surface area contributed by atoms with Gasteiger partial charge in [-0.05, 0) is 17.7 Å². The third kappa shape index (κ3) is 4.11. The van der Waals surface area contributed by atoms with Crippen LogP contribution in [0.1, 0.15) is 5.56 Å². The van der Waals surface area contributed by atoms with Crippen molar-refractivity contribution in [3.8, 4) is 11.3 Å². The van der Waals surface area contributed by atoms with Gasteiger partial charge in [-0.25, -0.2) is 9.78 Å². The highest BCUT2D eigenvalue weighted by Crippen LogP contribution is 2.21. The number of halogens is 1. The molecule has 2 aromatic carbocycles. The number of hydrogen-bond donors (Lipinski definition) is 2. The zero-order valence-electron chi connectivity index (χ0n) is 12.1. The predicted octanol–water partition coefficient (Wildman–Crippen LogP) is 4.48.